The summed E-state index contributed by atoms with van der Waals surface area (Å²) in [5.74, 6) is -0.529. The molecule has 0 spiro atoms. The average molecular weight is 209 g/mol. The second kappa shape index (κ2) is 4.54. The molecule has 2 N–H and O–H groups in total. The maximum Gasteiger partial charge on any atom is 0.305 e. The summed E-state index contributed by atoms with van der Waals surface area (Å²) in [5.41, 5.74) is 5.19. The van der Waals surface area contributed by atoms with Crippen molar-refractivity contribution in [2.75, 3.05) is 27.2 Å². The van der Waals surface area contributed by atoms with Crippen LogP contribution in [0.4, 0.5) is 0 Å². The van der Waals surface area contributed by atoms with Crippen LogP contribution < -0.4 is 5.73 Å². The molecule has 0 unspecified atom stereocenters. The second-order valence-electron chi connectivity index (χ2n) is 2.67. The fourth-order valence-corrected chi connectivity index (χ4v) is 1.80. The predicted molar refractivity (Wildman–Crippen MR) is 49.0 cm³/mol. The highest BCUT2D eigenvalue weighted by Crippen LogP contribution is 2.03. The highest BCUT2D eigenvalue weighted by molar-refractivity contribution is 7.87. The Morgan fingerprint density at radius 2 is 1.85 bits per heavy atom. The molecular weight excluding hydrogens is 194 g/mol. The van der Waals surface area contributed by atoms with Gasteiger partial charge in [-0.15, -0.1) is 0 Å². The van der Waals surface area contributed by atoms with Crippen molar-refractivity contribution in [3.63, 3.8) is 0 Å². The van der Waals surface area contributed by atoms with Gasteiger partial charge in [0.1, 0.15) is 0 Å². The number of nitrogens with two attached hydrogens (primary N) is 1. The molecular formula is C6H15N3O3S. The molecule has 0 radical (unpaired) electrons. The summed E-state index contributed by atoms with van der Waals surface area (Å²) in [6.45, 7) is 1.32. The first-order valence-corrected chi connectivity index (χ1v) is 5.14. The topological polar surface area (TPSA) is 83.7 Å². The molecule has 0 atom stereocenters. The Bertz CT molecular complexity index is 273. The van der Waals surface area contributed by atoms with Crippen LogP contribution in [0.3, 0.4) is 0 Å². The number of hydrogen-bond donors (Lipinski definition) is 1. The van der Waals surface area contributed by atoms with Gasteiger partial charge in [0.2, 0.25) is 5.91 Å². The van der Waals surface area contributed by atoms with Crippen LogP contribution in [0.25, 0.3) is 0 Å². The molecule has 0 aliphatic carbocycles. The van der Waals surface area contributed by atoms with Crippen LogP contribution in [0, 0.1) is 0 Å². The molecule has 0 rings (SSSR count). The molecule has 78 valence electrons. The predicted octanol–water partition coefficient (Wildman–Crippen LogP) is -1.40. The van der Waals surface area contributed by atoms with Crippen molar-refractivity contribution >= 4 is 16.1 Å². The Morgan fingerprint density at radius 1 is 1.38 bits per heavy atom. The molecule has 0 heterocycles. The number of nitrogens with zero attached hydrogens (tertiary/aromatic N) is 2. The van der Waals surface area contributed by atoms with Gasteiger partial charge in [0.25, 0.3) is 0 Å². The smallest absolute Gasteiger partial charge is 0.305 e. The largest absolute Gasteiger partial charge is 0.329 e. The molecule has 6 nitrogen and oxygen atoms in total. The van der Waals surface area contributed by atoms with E-state index in [-0.39, 0.29) is 13.1 Å². The maximum atomic E-state index is 11.4. The summed E-state index contributed by atoms with van der Waals surface area (Å²) in [7, 11) is -0.937. The summed E-state index contributed by atoms with van der Waals surface area (Å²) in [5, 5.41) is 0. The number of amides is 1. The lowest BCUT2D eigenvalue weighted by Crippen LogP contribution is -2.45. The Kier molecular flexibility index (Phi) is 4.31. The first kappa shape index (κ1) is 12.3. The molecule has 0 bridgehead atoms. The third kappa shape index (κ3) is 2.94. The van der Waals surface area contributed by atoms with Crippen LogP contribution in [0.5, 0.6) is 0 Å². The summed E-state index contributed by atoms with van der Waals surface area (Å²) < 4.78 is 24.6. The van der Waals surface area contributed by atoms with Crippen LogP contribution in [0.1, 0.15) is 6.92 Å². The van der Waals surface area contributed by atoms with E-state index in [1.54, 1.807) is 0 Å². The van der Waals surface area contributed by atoms with Gasteiger partial charge in [0.15, 0.2) is 0 Å². The normalized spacial score (nSPS) is 11.8. The zero-order chi connectivity index (χ0) is 10.6. The fourth-order valence-electron chi connectivity index (χ4n) is 0.750. The highest BCUT2D eigenvalue weighted by atomic mass is 32.2. The van der Waals surface area contributed by atoms with Crippen LogP contribution in [0.2, 0.25) is 0 Å². The Balaban J connectivity index is 4.85. The number of rotatable bonds is 4. The van der Waals surface area contributed by atoms with Crippen molar-refractivity contribution in [3.05, 3.63) is 0 Å². The molecule has 0 aliphatic heterocycles. The molecule has 0 aromatic carbocycles. The van der Waals surface area contributed by atoms with Gasteiger partial charge < -0.3 is 5.73 Å². The SMILES string of the molecule is CC(=O)N(CCN)S(=O)(=O)N(C)C. The minimum Gasteiger partial charge on any atom is -0.329 e. The molecule has 0 saturated heterocycles. The van der Waals surface area contributed by atoms with E-state index in [0.29, 0.717) is 0 Å². The standard InChI is InChI=1S/C6H15N3O3S/c1-6(10)9(5-4-7)13(11,12)8(2)3/h4-5,7H2,1-3H3. The quantitative estimate of drug-likeness (QED) is 0.617. The van der Waals surface area contributed by atoms with E-state index in [0.717, 1.165) is 8.61 Å². The van der Waals surface area contributed by atoms with Crippen molar-refractivity contribution in [1.82, 2.24) is 8.61 Å². The Morgan fingerprint density at radius 3 is 2.08 bits per heavy atom. The third-order valence-electron chi connectivity index (χ3n) is 1.42. The number of carbonyl (C=O) groups is 1. The average Bonchev–Trinajstić information content (AvgIpc) is 1.98. The number of carbonyl (C=O) groups excluding carboxylic acids is 1. The lowest BCUT2D eigenvalue weighted by molar-refractivity contribution is -0.124. The monoisotopic (exact) mass is 209 g/mol. The van der Waals surface area contributed by atoms with Crippen LogP contribution in [0.15, 0.2) is 0 Å². The van der Waals surface area contributed by atoms with Crippen molar-refractivity contribution in [1.29, 1.82) is 0 Å². The van der Waals surface area contributed by atoms with Gasteiger partial charge in [-0.3, -0.25) is 4.79 Å². The molecule has 0 fully saturated rings. The van der Waals surface area contributed by atoms with E-state index in [4.69, 9.17) is 5.73 Å². The van der Waals surface area contributed by atoms with E-state index in [1.807, 2.05) is 0 Å². The van der Waals surface area contributed by atoms with E-state index in [9.17, 15) is 13.2 Å². The van der Waals surface area contributed by atoms with Crippen LogP contribution in [-0.4, -0.2) is 50.1 Å². The van der Waals surface area contributed by atoms with Gasteiger partial charge in [0.05, 0.1) is 6.54 Å². The van der Waals surface area contributed by atoms with Gasteiger partial charge in [-0.2, -0.15) is 12.7 Å². The second-order valence-corrected chi connectivity index (χ2v) is 4.74. The molecule has 0 aromatic rings. The lowest BCUT2D eigenvalue weighted by atomic mass is 10.6. The van der Waals surface area contributed by atoms with Crippen LogP contribution >= 0.6 is 0 Å². The molecule has 0 aromatic heterocycles. The van der Waals surface area contributed by atoms with Crippen molar-refractivity contribution in [2.24, 2.45) is 5.73 Å². The number of hydrogen-bond acceptors (Lipinski definition) is 4. The van der Waals surface area contributed by atoms with Gasteiger partial charge in [-0.25, -0.2) is 4.31 Å². The Hall–Kier alpha value is -0.660. The van der Waals surface area contributed by atoms with Gasteiger partial charge >= 0.3 is 10.2 Å². The van der Waals surface area contributed by atoms with E-state index < -0.39 is 16.1 Å². The maximum absolute atomic E-state index is 11.4. The van der Waals surface area contributed by atoms with Gasteiger partial charge in [-0.05, 0) is 0 Å². The summed E-state index contributed by atoms with van der Waals surface area (Å²) in [6, 6.07) is 0. The minimum absolute atomic E-state index is 0.00977. The summed E-state index contributed by atoms with van der Waals surface area (Å²) in [4.78, 5) is 10.9. The first-order chi connectivity index (χ1) is 5.84. The zero-order valence-electron chi connectivity index (χ0n) is 8.02. The molecule has 0 saturated carbocycles. The summed E-state index contributed by atoms with van der Waals surface area (Å²) in [6.07, 6.45) is 0. The molecule has 7 heteroatoms. The zero-order valence-corrected chi connectivity index (χ0v) is 8.84. The first-order valence-electron chi connectivity index (χ1n) is 3.75. The van der Waals surface area contributed by atoms with Crippen molar-refractivity contribution < 1.29 is 13.2 Å². The highest BCUT2D eigenvalue weighted by Gasteiger charge is 2.25. The Labute approximate surface area is 78.5 Å². The minimum atomic E-state index is -3.66. The third-order valence-corrected chi connectivity index (χ3v) is 3.34. The van der Waals surface area contributed by atoms with E-state index >= 15 is 0 Å². The fraction of sp³-hybridized carbons (Fsp3) is 0.833. The lowest BCUT2D eigenvalue weighted by Gasteiger charge is -2.23. The summed E-state index contributed by atoms with van der Waals surface area (Å²) >= 11 is 0. The van der Waals surface area contributed by atoms with Crippen LogP contribution in [-0.2, 0) is 15.0 Å². The van der Waals surface area contributed by atoms with Crippen molar-refractivity contribution in [3.8, 4) is 0 Å². The van der Waals surface area contributed by atoms with Crippen molar-refractivity contribution in [2.45, 2.75) is 6.92 Å². The van der Waals surface area contributed by atoms with Gasteiger partial charge in [0, 0.05) is 27.6 Å². The van der Waals surface area contributed by atoms with E-state index in [2.05, 4.69) is 0 Å². The molecule has 13 heavy (non-hydrogen) atoms. The van der Waals surface area contributed by atoms with E-state index in [1.165, 1.54) is 21.0 Å². The molecule has 1 amide bonds. The van der Waals surface area contributed by atoms with Gasteiger partial charge in [-0.1, -0.05) is 0 Å². The molecule has 0 aliphatic rings.